The van der Waals surface area contributed by atoms with Crippen molar-refractivity contribution < 1.29 is 18.7 Å². The third-order valence-corrected chi connectivity index (χ3v) is 5.12. The number of aromatic nitrogens is 3. The van der Waals surface area contributed by atoms with Gasteiger partial charge in [0.05, 0.1) is 17.4 Å². The SMILES string of the molecule is Cc1nc(-c2cnc(C(=O)O)o2)cc2c3ccccc3n(Cc3ccc(F)cc3)c12. The van der Waals surface area contributed by atoms with E-state index in [1.54, 1.807) is 12.1 Å². The number of aryl methyl sites for hydroxylation is 1. The zero-order chi connectivity index (χ0) is 20.8. The maximum Gasteiger partial charge on any atom is 0.392 e. The molecule has 7 heteroatoms. The van der Waals surface area contributed by atoms with Gasteiger partial charge in [-0.15, -0.1) is 0 Å². The average Bonchev–Trinajstić information content (AvgIpc) is 3.34. The van der Waals surface area contributed by atoms with Crippen molar-refractivity contribution in [3.05, 3.63) is 83.8 Å². The third-order valence-electron chi connectivity index (χ3n) is 5.12. The van der Waals surface area contributed by atoms with Gasteiger partial charge in [-0.25, -0.2) is 19.2 Å². The molecule has 5 aromatic rings. The van der Waals surface area contributed by atoms with Gasteiger partial charge in [0.2, 0.25) is 0 Å². The number of oxazole rings is 1. The summed E-state index contributed by atoms with van der Waals surface area (Å²) in [6, 6.07) is 16.4. The Morgan fingerprint density at radius 2 is 1.90 bits per heavy atom. The number of fused-ring (bicyclic) bond motifs is 3. The Labute approximate surface area is 170 Å². The Bertz CT molecular complexity index is 1420. The summed E-state index contributed by atoms with van der Waals surface area (Å²) < 4.78 is 20.8. The van der Waals surface area contributed by atoms with Crippen molar-refractivity contribution in [1.82, 2.24) is 14.5 Å². The second kappa shape index (κ2) is 6.81. The fraction of sp³-hybridized carbons (Fsp3) is 0.0870. The Morgan fingerprint density at radius 1 is 1.13 bits per heavy atom. The molecule has 0 aliphatic rings. The zero-order valence-electron chi connectivity index (χ0n) is 16.0. The zero-order valence-corrected chi connectivity index (χ0v) is 16.0. The molecule has 0 amide bonds. The van der Waals surface area contributed by atoms with Gasteiger partial charge in [-0.1, -0.05) is 30.3 Å². The average molecular weight is 401 g/mol. The summed E-state index contributed by atoms with van der Waals surface area (Å²) in [5.74, 6) is -1.57. The molecule has 0 aliphatic carbocycles. The van der Waals surface area contributed by atoms with E-state index in [4.69, 9.17) is 9.52 Å². The minimum atomic E-state index is -1.23. The standard InChI is InChI=1S/C23H16FN3O3/c1-13-21-17(10-18(26-13)20-11-25-22(30-20)23(28)29)16-4-2-3-5-19(16)27(21)12-14-6-8-15(24)9-7-14/h2-11H,12H2,1H3,(H,28,29). The van der Waals surface area contributed by atoms with Gasteiger partial charge in [0.1, 0.15) is 11.5 Å². The van der Waals surface area contributed by atoms with Gasteiger partial charge in [0.25, 0.3) is 0 Å². The number of carboxylic acid groups (broad SMARTS) is 1. The number of hydrogen-bond donors (Lipinski definition) is 1. The van der Waals surface area contributed by atoms with Crippen LogP contribution < -0.4 is 0 Å². The van der Waals surface area contributed by atoms with Crippen molar-refractivity contribution in [3.63, 3.8) is 0 Å². The van der Waals surface area contributed by atoms with E-state index in [2.05, 4.69) is 14.5 Å². The van der Waals surface area contributed by atoms with Crippen LogP contribution in [0.2, 0.25) is 0 Å². The molecule has 0 radical (unpaired) electrons. The molecule has 0 aliphatic heterocycles. The van der Waals surface area contributed by atoms with Gasteiger partial charge in [0, 0.05) is 22.8 Å². The fourth-order valence-electron chi connectivity index (χ4n) is 3.82. The molecule has 3 heterocycles. The molecule has 0 spiro atoms. The van der Waals surface area contributed by atoms with E-state index in [-0.39, 0.29) is 11.7 Å². The number of benzene rings is 2. The number of carbonyl (C=O) groups is 1. The lowest BCUT2D eigenvalue weighted by atomic mass is 10.1. The molecular formula is C23H16FN3O3. The Morgan fingerprint density at radius 3 is 2.63 bits per heavy atom. The van der Waals surface area contributed by atoms with Crippen LogP contribution in [0.1, 0.15) is 21.9 Å². The molecule has 148 valence electrons. The quantitative estimate of drug-likeness (QED) is 0.456. The predicted molar refractivity (Wildman–Crippen MR) is 110 cm³/mol. The molecule has 0 atom stereocenters. The number of para-hydroxylation sites is 1. The maximum absolute atomic E-state index is 13.3. The third kappa shape index (κ3) is 2.91. The Kier molecular flexibility index (Phi) is 4.10. The summed E-state index contributed by atoms with van der Waals surface area (Å²) in [4.78, 5) is 19.5. The molecule has 2 aromatic carbocycles. The van der Waals surface area contributed by atoms with Crippen molar-refractivity contribution in [2.75, 3.05) is 0 Å². The van der Waals surface area contributed by atoms with Crippen LogP contribution in [-0.4, -0.2) is 25.6 Å². The molecule has 30 heavy (non-hydrogen) atoms. The highest BCUT2D eigenvalue weighted by molar-refractivity contribution is 6.09. The number of pyridine rings is 1. The highest BCUT2D eigenvalue weighted by Gasteiger charge is 2.18. The second-order valence-electron chi connectivity index (χ2n) is 7.05. The minimum Gasteiger partial charge on any atom is -0.474 e. The monoisotopic (exact) mass is 401 g/mol. The van der Waals surface area contributed by atoms with Crippen LogP contribution in [0.15, 0.2) is 65.2 Å². The molecular weight excluding hydrogens is 385 g/mol. The molecule has 3 aromatic heterocycles. The van der Waals surface area contributed by atoms with Crippen LogP contribution in [-0.2, 0) is 6.54 Å². The summed E-state index contributed by atoms with van der Waals surface area (Å²) >= 11 is 0. The summed E-state index contributed by atoms with van der Waals surface area (Å²) in [7, 11) is 0. The minimum absolute atomic E-state index is 0.267. The van der Waals surface area contributed by atoms with Gasteiger partial charge < -0.3 is 14.1 Å². The number of hydrogen-bond acceptors (Lipinski definition) is 4. The van der Waals surface area contributed by atoms with Crippen molar-refractivity contribution in [1.29, 1.82) is 0 Å². The van der Waals surface area contributed by atoms with Gasteiger partial charge in [-0.05, 0) is 36.8 Å². The Balaban J connectivity index is 1.72. The van der Waals surface area contributed by atoms with Crippen LogP contribution in [0.3, 0.4) is 0 Å². The highest BCUT2D eigenvalue weighted by Crippen LogP contribution is 2.34. The van der Waals surface area contributed by atoms with Crippen molar-refractivity contribution >= 4 is 27.8 Å². The van der Waals surface area contributed by atoms with E-state index < -0.39 is 5.97 Å². The number of halogens is 1. The number of rotatable bonds is 4. The summed E-state index contributed by atoms with van der Waals surface area (Å²) in [6.45, 7) is 2.47. The number of nitrogens with zero attached hydrogens (tertiary/aromatic N) is 3. The lowest BCUT2D eigenvalue weighted by molar-refractivity contribution is 0.0654. The molecule has 6 nitrogen and oxygen atoms in total. The van der Waals surface area contributed by atoms with Crippen molar-refractivity contribution in [2.24, 2.45) is 0 Å². The topological polar surface area (TPSA) is 81.2 Å². The number of carboxylic acids is 1. The molecule has 0 bridgehead atoms. The second-order valence-corrected chi connectivity index (χ2v) is 7.05. The highest BCUT2D eigenvalue weighted by atomic mass is 19.1. The molecule has 0 saturated heterocycles. The molecule has 5 rings (SSSR count). The van der Waals surface area contributed by atoms with Gasteiger partial charge in [-0.2, -0.15) is 0 Å². The number of aromatic carboxylic acids is 1. The smallest absolute Gasteiger partial charge is 0.392 e. The largest absolute Gasteiger partial charge is 0.474 e. The predicted octanol–water partition coefficient (Wildman–Crippen LogP) is 5.04. The van der Waals surface area contributed by atoms with Crippen LogP contribution in [0.4, 0.5) is 4.39 Å². The first-order valence-corrected chi connectivity index (χ1v) is 9.34. The molecule has 0 unspecified atom stereocenters. The first-order chi connectivity index (χ1) is 14.5. The summed E-state index contributed by atoms with van der Waals surface area (Å²) in [5, 5.41) is 11.1. The van der Waals surface area contributed by atoms with Crippen LogP contribution in [0.5, 0.6) is 0 Å². The molecule has 1 N–H and O–H groups in total. The lowest BCUT2D eigenvalue weighted by Gasteiger charge is -2.10. The van der Waals surface area contributed by atoms with Crippen LogP contribution in [0, 0.1) is 12.7 Å². The summed E-state index contributed by atoms with van der Waals surface area (Å²) in [6.07, 6.45) is 1.37. The van der Waals surface area contributed by atoms with Crippen molar-refractivity contribution in [2.45, 2.75) is 13.5 Å². The van der Waals surface area contributed by atoms with E-state index in [9.17, 15) is 9.18 Å². The van der Waals surface area contributed by atoms with Gasteiger partial charge in [-0.3, -0.25) is 0 Å². The molecule has 0 fully saturated rings. The van der Waals surface area contributed by atoms with Crippen LogP contribution in [0.25, 0.3) is 33.3 Å². The lowest BCUT2D eigenvalue weighted by Crippen LogP contribution is -2.01. The first-order valence-electron chi connectivity index (χ1n) is 9.34. The van der Waals surface area contributed by atoms with Gasteiger partial charge in [0.15, 0.2) is 5.76 Å². The fourth-order valence-corrected chi connectivity index (χ4v) is 3.82. The van der Waals surface area contributed by atoms with E-state index in [1.165, 1.54) is 18.3 Å². The molecule has 0 saturated carbocycles. The maximum atomic E-state index is 13.3. The summed E-state index contributed by atoms with van der Waals surface area (Å²) in [5.41, 5.74) is 4.26. The van der Waals surface area contributed by atoms with Crippen LogP contribution >= 0.6 is 0 Å². The Hall–Kier alpha value is -4.00. The van der Waals surface area contributed by atoms with E-state index in [0.717, 1.165) is 33.1 Å². The normalized spacial score (nSPS) is 11.4. The van der Waals surface area contributed by atoms with E-state index in [0.29, 0.717) is 18.0 Å². The van der Waals surface area contributed by atoms with Gasteiger partial charge >= 0.3 is 11.9 Å². The first kappa shape index (κ1) is 18.1. The van der Waals surface area contributed by atoms with Crippen molar-refractivity contribution in [3.8, 4) is 11.5 Å². The van der Waals surface area contributed by atoms with E-state index >= 15 is 0 Å². The van der Waals surface area contributed by atoms with E-state index in [1.807, 2.05) is 37.3 Å².